The third-order valence-electron chi connectivity index (χ3n) is 3.34. The molecule has 1 N–H and O–H groups in total. The van der Waals surface area contributed by atoms with E-state index in [0.717, 1.165) is 31.6 Å². The van der Waals surface area contributed by atoms with Gasteiger partial charge in [0.25, 0.3) is 0 Å². The van der Waals surface area contributed by atoms with Crippen molar-refractivity contribution in [2.24, 2.45) is 0 Å². The van der Waals surface area contributed by atoms with Crippen molar-refractivity contribution in [2.75, 3.05) is 13.7 Å². The third-order valence-corrected chi connectivity index (χ3v) is 4.28. The highest BCUT2D eigenvalue weighted by molar-refractivity contribution is 7.09. The molecule has 2 rings (SSSR count). The van der Waals surface area contributed by atoms with Crippen LogP contribution < -0.4 is 10.1 Å². The van der Waals surface area contributed by atoms with Crippen LogP contribution in [0.25, 0.3) is 0 Å². The van der Waals surface area contributed by atoms with Crippen molar-refractivity contribution >= 4 is 11.3 Å². The molecule has 0 aliphatic rings. The molecular weight excluding hydrogens is 266 g/mol. The Bertz CT molecular complexity index is 495. The summed E-state index contributed by atoms with van der Waals surface area (Å²) in [5.74, 6) is 0.973. The van der Waals surface area contributed by atoms with Gasteiger partial charge in [-0.25, -0.2) is 0 Å². The van der Waals surface area contributed by atoms with E-state index >= 15 is 0 Å². The third kappa shape index (κ3) is 4.36. The summed E-state index contributed by atoms with van der Waals surface area (Å²) < 4.78 is 5.72. The molecule has 0 fully saturated rings. The van der Waals surface area contributed by atoms with Crippen LogP contribution in [0.15, 0.2) is 41.8 Å². The van der Waals surface area contributed by atoms with Gasteiger partial charge in [0.05, 0.1) is 6.61 Å². The van der Waals surface area contributed by atoms with Crippen LogP contribution in [0.3, 0.4) is 0 Å². The van der Waals surface area contributed by atoms with Crippen molar-refractivity contribution in [3.63, 3.8) is 0 Å². The zero-order valence-corrected chi connectivity index (χ0v) is 13.1. The van der Waals surface area contributed by atoms with Crippen LogP contribution in [-0.2, 0) is 6.42 Å². The number of ether oxygens (including phenoxy) is 1. The molecular formula is C17H23NOS. The summed E-state index contributed by atoms with van der Waals surface area (Å²) in [6.07, 6.45) is 3.26. The standard InChI is InChI=1S/C17H23NOS/c1-3-11-19-15-7-4-6-14(13-15)17(18-2)10-9-16-8-5-12-20-16/h4-8,12-13,17-18H,3,9-11H2,1-2H3. The molecule has 1 atom stereocenters. The van der Waals surface area contributed by atoms with Crippen LogP contribution in [0.4, 0.5) is 0 Å². The van der Waals surface area contributed by atoms with E-state index in [-0.39, 0.29) is 0 Å². The highest BCUT2D eigenvalue weighted by Gasteiger charge is 2.10. The summed E-state index contributed by atoms with van der Waals surface area (Å²) in [5, 5.41) is 5.55. The van der Waals surface area contributed by atoms with Crippen LogP contribution in [0.2, 0.25) is 0 Å². The van der Waals surface area contributed by atoms with Crippen LogP contribution >= 0.6 is 11.3 Å². The molecule has 0 aliphatic heterocycles. The second kappa shape index (κ2) is 8.08. The maximum absolute atomic E-state index is 5.72. The fraction of sp³-hybridized carbons (Fsp3) is 0.412. The Morgan fingerprint density at radius 2 is 2.15 bits per heavy atom. The number of hydrogen-bond donors (Lipinski definition) is 1. The summed E-state index contributed by atoms with van der Waals surface area (Å²) >= 11 is 1.83. The van der Waals surface area contributed by atoms with Crippen LogP contribution in [0.5, 0.6) is 5.75 Å². The summed E-state index contributed by atoms with van der Waals surface area (Å²) in [6.45, 7) is 2.91. The van der Waals surface area contributed by atoms with Crippen molar-refractivity contribution < 1.29 is 4.74 Å². The molecule has 20 heavy (non-hydrogen) atoms. The summed E-state index contributed by atoms with van der Waals surface area (Å²) in [5.41, 5.74) is 1.30. The lowest BCUT2D eigenvalue weighted by Gasteiger charge is -2.17. The minimum Gasteiger partial charge on any atom is -0.494 e. The minimum absolute atomic E-state index is 0.377. The van der Waals surface area contributed by atoms with E-state index in [1.165, 1.54) is 10.4 Å². The van der Waals surface area contributed by atoms with E-state index in [4.69, 9.17) is 4.74 Å². The van der Waals surface area contributed by atoms with E-state index in [1.54, 1.807) is 0 Å². The monoisotopic (exact) mass is 289 g/mol. The van der Waals surface area contributed by atoms with Gasteiger partial charge < -0.3 is 10.1 Å². The normalized spacial score (nSPS) is 12.3. The summed E-state index contributed by atoms with van der Waals surface area (Å²) in [7, 11) is 2.03. The van der Waals surface area contributed by atoms with Gasteiger partial charge in [0.2, 0.25) is 0 Å². The SMILES string of the molecule is CCCOc1cccc(C(CCc2cccs2)NC)c1. The van der Waals surface area contributed by atoms with E-state index < -0.39 is 0 Å². The Morgan fingerprint density at radius 3 is 2.85 bits per heavy atom. The minimum atomic E-state index is 0.377. The van der Waals surface area contributed by atoms with Gasteiger partial charge in [-0.1, -0.05) is 25.1 Å². The van der Waals surface area contributed by atoms with Crippen LogP contribution in [0, 0.1) is 0 Å². The Balaban J connectivity index is 1.99. The molecule has 1 aromatic carbocycles. The van der Waals surface area contributed by atoms with Gasteiger partial charge in [-0.3, -0.25) is 0 Å². The van der Waals surface area contributed by atoms with E-state index in [9.17, 15) is 0 Å². The Morgan fingerprint density at radius 1 is 1.25 bits per heavy atom. The predicted molar refractivity (Wildman–Crippen MR) is 86.7 cm³/mol. The van der Waals surface area contributed by atoms with Gasteiger partial charge in [0.15, 0.2) is 0 Å². The zero-order valence-electron chi connectivity index (χ0n) is 12.3. The Labute approximate surface area is 125 Å². The van der Waals surface area contributed by atoms with Crippen LogP contribution in [-0.4, -0.2) is 13.7 Å². The highest BCUT2D eigenvalue weighted by Crippen LogP contribution is 2.24. The molecule has 0 bridgehead atoms. The smallest absolute Gasteiger partial charge is 0.119 e. The first-order valence-electron chi connectivity index (χ1n) is 7.26. The number of nitrogens with one attached hydrogen (secondary N) is 1. The van der Waals surface area contributed by atoms with Gasteiger partial charge in [0, 0.05) is 10.9 Å². The first kappa shape index (κ1) is 15.1. The van der Waals surface area contributed by atoms with Crippen molar-refractivity contribution in [3.05, 3.63) is 52.2 Å². The highest BCUT2D eigenvalue weighted by atomic mass is 32.1. The molecule has 1 unspecified atom stereocenters. The first-order valence-corrected chi connectivity index (χ1v) is 8.14. The molecule has 2 aromatic rings. The van der Waals surface area contributed by atoms with Gasteiger partial charge in [-0.15, -0.1) is 11.3 Å². The topological polar surface area (TPSA) is 21.3 Å². The molecule has 1 aromatic heterocycles. The maximum Gasteiger partial charge on any atom is 0.119 e. The maximum atomic E-state index is 5.72. The first-order chi connectivity index (χ1) is 9.83. The average Bonchev–Trinajstić information content (AvgIpc) is 2.99. The average molecular weight is 289 g/mol. The van der Waals surface area contributed by atoms with E-state index in [1.807, 2.05) is 24.5 Å². The summed E-state index contributed by atoms with van der Waals surface area (Å²) in [6, 6.07) is 13.1. The number of hydrogen-bond acceptors (Lipinski definition) is 3. The van der Waals surface area contributed by atoms with E-state index in [2.05, 4.69) is 48.0 Å². The predicted octanol–water partition coefficient (Wildman–Crippen LogP) is 4.43. The molecule has 1 heterocycles. The van der Waals surface area contributed by atoms with Gasteiger partial charge >= 0.3 is 0 Å². The molecule has 0 saturated heterocycles. The quantitative estimate of drug-likeness (QED) is 0.776. The molecule has 0 aliphatic carbocycles. The lowest BCUT2D eigenvalue weighted by molar-refractivity contribution is 0.316. The number of benzene rings is 1. The van der Waals surface area contributed by atoms with Crippen LogP contribution in [0.1, 0.15) is 36.2 Å². The van der Waals surface area contributed by atoms with Gasteiger partial charge in [-0.2, -0.15) is 0 Å². The van der Waals surface area contributed by atoms with Gasteiger partial charge in [-0.05, 0) is 55.5 Å². The number of aryl methyl sites for hydroxylation is 1. The molecule has 0 amide bonds. The number of rotatable bonds is 8. The molecule has 0 saturated carbocycles. The van der Waals surface area contributed by atoms with Crippen molar-refractivity contribution in [1.29, 1.82) is 0 Å². The van der Waals surface area contributed by atoms with Crippen molar-refractivity contribution in [1.82, 2.24) is 5.32 Å². The fourth-order valence-corrected chi connectivity index (χ4v) is 2.98. The largest absolute Gasteiger partial charge is 0.494 e. The molecule has 108 valence electrons. The Kier molecular flexibility index (Phi) is 6.09. The summed E-state index contributed by atoms with van der Waals surface area (Å²) in [4.78, 5) is 1.45. The second-order valence-electron chi connectivity index (χ2n) is 4.88. The molecule has 0 radical (unpaired) electrons. The molecule has 2 nitrogen and oxygen atoms in total. The van der Waals surface area contributed by atoms with Gasteiger partial charge in [0.1, 0.15) is 5.75 Å². The second-order valence-corrected chi connectivity index (χ2v) is 5.91. The molecule has 0 spiro atoms. The van der Waals surface area contributed by atoms with Crippen molar-refractivity contribution in [3.8, 4) is 5.75 Å². The lowest BCUT2D eigenvalue weighted by Crippen LogP contribution is -2.17. The Hall–Kier alpha value is -1.32. The zero-order chi connectivity index (χ0) is 14.2. The number of thiophene rings is 1. The van der Waals surface area contributed by atoms with Crippen molar-refractivity contribution in [2.45, 2.75) is 32.2 Å². The molecule has 3 heteroatoms. The van der Waals surface area contributed by atoms with E-state index in [0.29, 0.717) is 6.04 Å². The lowest BCUT2D eigenvalue weighted by atomic mass is 10.0. The fourth-order valence-electron chi connectivity index (χ4n) is 2.26.